The Bertz CT molecular complexity index is 1560. The zero-order chi connectivity index (χ0) is 31.6. The molecule has 1 saturated heterocycles. The lowest BCUT2D eigenvalue weighted by Crippen LogP contribution is -2.38. The van der Waals surface area contributed by atoms with Crippen LogP contribution in [0.15, 0.2) is 108 Å². The molecule has 0 aliphatic carbocycles. The molecular weight excluding hydrogens is 586 g/mol. The van der Waals surface area contributed by atoms with E-state index in [2.05, 4.69) is 30.4 Å². The molecule has 0 radical (unpaired) electrons. The Kier molecular flexibility index (Phi) is 11.4. The van der Waals surface area contributed by atoms with Crippen LogP contribution in [0.4, 0.5) is 0 Å². The molecule has 8 heteroatoms. The normalized spacial score (nSPS) is 19.6. The van der Waals surface area contributed by atoms with Crippen molar-refractivity contribution >= 4 is 23.6 Å². The summed E-state index contributed by atoms with van der Waals surface area (Å²) in [4.78, 5) is 24.1. The molecule has 4 atom stereocenters. The van der Waals surface area contributed by atoms with E-state index in [1.807, 2.05) is 84.9 Å². The maximum atomic E-state index is 12.2. The van der Waals surface area contributed by atoms with Gasteiger partial charge in [0.1, 0.15) is 0 Å². The van der Waals surface area contributed by atoms with E-state index in [0.717, 1.165) is 39.1 Å². The molecule has 1 heterocycles. The highest BCUT2D eigenvalue weighted by atomic mass is 32.2. The highest BCUT2D eigenvalue weighted by molar-refractivity contribution is 7.99. The van der Waals surface area contributed by atoms with E-state index in [-0.39, 0.29) is 43.5 Å². The third-order valence-corrected chi connectivity index (χ3v) is 9.08. The van der Waals surface area contributed by atoms with Crippen LogP contribution < -0.4 is 5.32 Å². The molecular formula is C37H39NO6S. The minimum atomic E-state index is -0.898. The van der Waals surface area contributed by atoms with E-state index in [0.29, 0.717) is 13.0 Å². The van der Waals surface area contributed by atoms with Crippen molar-refractivity contribution in [2.45, 2.75) is 62.7 Å². The van der Waals surface area contributed by atoms with Crippen molar-refractivity contribution in [1.82, 2.24) is 5.32 Å². The van der Waals surface area contributed by atoms with E-state index in [4.69, 9.17) is 14.6 Å². The summed E-state index contributed by atoms with van der Waals surface area (Å²) in [6.07, 6.45) is -0.343. The largest absolute Gasteiger partial charge is 0.481 e. The molecule has 1 aliphatic heterocycles. The average Bonchev–Trinajstić information content (AvgIpc) is 3.07. The number of hydrogen-bond acceptors (Lipinski definition) is 6. The second-order valence-corrected chi connectivity index (χ2v) is 12.4. The predicted molar refractivity (Wildman–Crippen MR) is 175 cm³/mol. The van der Waals surface area contributed by atoms with Gasteiger partial charge in [0.2, 0.25) is 5.91 Å². The van der Waals surface area contributed by atoms with Crippen LogP contribution in [0.2, 0.25) is 0 Å². The maximum Gasteiger partial charge on any atom is 0.303 e. The zero-order valence-corrected chi connectivity index (χ0v) is 26.1. The number of benzene rings is 4. The molecule has 1 aliphatic rings. The monoisotopic (exact) mass is 625 g/mol. The molecule has 45 heavy (non-hydrogen) atoms. The first-order chi connectivity index (χ1) is 21.9. The van der Waals surface area contributed by atoms with Crippen LogP contribution >= 0.6 is 11.8 Å². The second-order valence-electron chi connectivity index (χ2n) is 11.3. The molecule has 4 aromatic carbocycles. The molecule has 0 bridgehead atoms. The van der Waals surface area contributed by atoms with Crippen LogP contribution in [-0.4, -0.2) is 33.9 Å². The van der Waals surface area contributed by atoms with E-state index < -0.39 is 12.3 Å². The van der Waals surface area contributed by atoms with Gasteiger partial charge in [-0.05, 0) is 58.5 Å². The van der Waals surface area contributed by atoms with Crippen molar-refractivity contribution in [3.05, 3.63) is 125 Å². The Labute approximate surface area is 268 Å². The summed E-state index contributed by atoms with van der Waals surface area (Å²) >= 11 is 1.78. The molecule has 0 spiro atoms. The molecule has 1 fully saturated rings. The van der Waals surface area contributed by atoms with Crippen LogP contribution in [0.3, 0.4) is 0 Å². The fraction of sp³-hybridized carbons (Fsp3) is 0.297. The number of carboxylic acids is 1. The lowest BCUT2D eigenvalue weighted by Gasteiger charge is -2.41. The minimum Gasteiger partial charge on any atom is -0.481 e. The van der Waals surface area contributed by atoms with Crippen LogP contribution in [0, 0.1) is 5.92 Å². The number of thioether (sulfide) groups is 1. The molecule has 5 rings (SSSR count). The van der Waals surface area contributed by atoms with Gasteiger partial charge in [-0.2, -0.15) is 0 Å². The third-order valence-electron chi connectivity index (χ3n) is 7.98. The topological polar surface area (TPSA) is 105 Å². The van der Waals surface area contributed by atoms with Gasteiger partial charge in [-0.25, -0.2) is 0 Å². The number of amides is 1. The minimum absolute atomic E-state index is 0.00338. The van der Waals surface area contributed by atoms with Gasteiger partial charge in [-0.3, -0.25) is 9.59 Å². The van der Waals surface area contributed by atoms with Gasteiger partial charge < -0.3 is 25.0 Å². The Hall–Kier alpha value is -3.95. The first kappa shape index (κ1) is 32.4. The summed E-state index contributed by atoms with van der Waals surface area (Å²) in [5.74, 6) is -0.188. The summed E-state index contributed by atoms with van der Waals surface area (Å²) in [6.45, 7) is 2.53. The van der Waals surface area contributed by atoms with Gasteiger partial charge in [-0.1, -0.05) is 85.8 Å². The van der Waals surface area contributed by atoms with Crippen molar-refractivity contribution in [2.24, 2.45) is 5.92 Å². The molecule has 0 aromatic heterocycles. The fourth-order valence-electron chi connectivity index (χ4n) is 5.42. The van der Waals surface area contributed by atoms with Crippen LogP contribution in [0.5, 0.6) is 0 Å². The number of carboxylic acid groups (broad SMARTS) is 1. The maximum absolute atomic E-state index is 12.2. The van der Waals surface area contributed by atoms with E-state index in [1.165, 1.54) is 4.90 Å². The number of rotatable bonds is 13. The van der Waals surface area contributed by atoms with Gasteiger partial charge in [0.15, 0.2) is 6.29 Å². The standard InChI is InChI=1S/C37H39NO6S/c1-25-33(24-45-32-12-3-2-4-13-32)43-37(44-36(25)28-18-16-26(23-39)17-19-28)31-11-6-10-30(21-31)29-9-5-8-27(20-29)22-38-34(40)14-7-15-35(41)42/h2-6,8-13,16-21,25,33,36-37,39H,7,14-15,22-24H2,1H3,(H,38,40)(H,41,42). The smallest absolute Gasteiger partial charge is 0.303 e. The Morgan fingerprint density at radius 3 is 2.27 bits per heavy atom. The predicted octanol–water partition coefficient (Wildman–Crippen LogP) is 7.30. The molecule has 4 aromatic rings. The van der Waals surface area contributed by atoms with Crippen molar-refractivity contribution < 1.29 is 29.3 Å². The Morgan fingerprint density at radius 2 is 1.53 bits per heavy atom. The number of ether oxygens (including phenoxy) is 2. The second kappa shape index (κ2) is 15.9. The highest BCUT2D eigenvalue weighted by Gasteiger charge is 2.38. The van der Waals surface area contributed by atoms with Crippen molar-refractivity contribution in [3.63, 3.8) is 0 Å². The van der Waals surface area contributed by atoms with Crippen molar-refractivity contribution in [1.29, 1.82) is 0 Å². The number of nitrogens with one attached hydrogen (secondary N) is 1. The summed E-state index contributed by atoms with van der Waals surface area (Å²) in [5.41, 5.74) is 5.80. The van der Waals surface area contributed by atoms with Crippen molar-refractivity contribution in [3.8, 4) is 11.1 Å². The zero-order valence-electron chi connectivity index (χ0n) is 25.3. The lowest BCUT2D eigenvalue weighted by atomic mass is 9.91. The Morgan fingerprint density at radius 1 is 0.800 bits per heavy atom. The van der Waals surface area contributed by atoms with E-state index >= 15 is 0 Å². The van der Waals surface area contributed by atoms with Crippen LogP contribution in [0.25, 0.3) is 11.1 Å². The Balaban J connectivity index is 1.33. The van der Waals surface area contributed by atoms with Crippen LogP contribution in [-0.2, 0) is 32.2 Å². The molecule has 4 unspecified atom stereocenters. The summed E-state index contributed by atoms with van der Waals surface area (Å²) < 4.78 is 13.3. The van der Waals surface area contributed by atoms with Gasteiger partial charge in [-0.15, -0.1) is 11.8 Å². The van der Waals surface area contributed by atoms with Gasteiger partial charge >= 0.3 is 5.97 Å². The molecule has 7 nitrogen and oxygen atoms in total. The van der Waals surface area contributed by atoms with Gasteiger partial charge in [0, 0.05) is 41.5 Å². The molecule has 3 N–H and O–H groups in total. The van der Waals surface area contributed by atoms with Crippen LogP contribution in [0.1, 0.15) is 60.8 Å². The van der Waals surface area contributed by atoms with E-state index in [1.54, 1.807) is 11.8 Å². The van der Waals surface area contributed by atoms with Crippen molar-refractivity contribution in [2.75, 3.05) is 5.75 Å². The quantitative estimate of drug-likeness (QED) is 0.134. The van der Waals surface area contributed by atoms with Gasteiger partial charge in [0.25, 0.3) is 0 Å². The number of aliphatic hydroxyl groups is 1. The number of aliphatic carboxylic acids is 1. The molecule has 234 valence electrons. The number of carbonyl (C=O) groups is 2. The number of aliphatic hydroxyl groups excluding tert-OH is 1. The highest BCUT2D eigenvalue weighted by Crippen LogP contribution is 2.43. The molecule has 1 amide bonds. The SMILES string of the molecule is CC1C(CSc2ccccc2)OC(c2cccc(-c3cccc(CNC(=O)CCCC(=O)O)c3)c2)OC1c1ccc(CO)cc1. The summed E-state index contributed by atoms with van der Waals surface area (Å²) in [7, 11) is 0. The lowest BCUT2D eigenvalue weighted by molar-refractivity contribution is -0.268. The molecule has 0 saturated carbocycles. The third kappa shape index (κ3) is 9.05. The average molecular weight is 626 g/mol. The number of hydrogen-bond donors (Lipinski definition) is 3. The van der Waals surface area contributed by atoms with E-state index in [9.17, 15) is 14.7 Å². The summed E-state index contributed by atoms with van der Waals surface area (Å²) in [5, 5.41) is 21.2. The first-order valence-electron chi connectivity index (χ1n) is 15.3. The summed E-state index contributed by atoms with van der Waals surface area (Å²) in [6, 6.07) is 34.4. The fourth-order valence-corrected chi connectivity index (χ4v) is 6.51. The van der Waals surface area contributed by atoms with Gasteiger partial charge in [0.05, 0.1) is 18.8 Å². The first-order valence-corrected chi connectivity index (χ1v) is 16.2. The number of carbonyl (C=O) groups excluding carboxylic acids is 1.